The van der Waals surface area contributed by atoms with Gasteiger partial charge in [-0.05, 0) is 30.0 Å². The van der Waals surface area contributed by atoms with E-state index >= 15 is 0 Å². The number of hydrogen-bond donors (Lipinski definition) is 1. The number of hydrogen-bond acceptors (Lipinski definition) is 7. The molecule has 1 fully saturated rings. The van der Waals surface area contributed by atoms with E-state index in [2.05, 4.69) is 4.98 Å². The normalized spacial score (nSPS) is 28.1. The first-order chi connectivity index (χ1) is 14.2. The summed E-state index contributed by atoms with van der Waals surface area (Å²) in [7, 11) is 0. The van der Waals surface area contributed by atoms with Crippen LogP contribution in [0.15, 0.2) is 29.9 Å². The molecular weight excluding hydrogens is 413 g/mol. The van der Waals surface area contributed by atoms with Crippen LogP contribution in [-0.4, -0.2) is 33.7 Å². The van der Waals surface area contributed by atoms with Crippen molar-refractivity contribution < 1.29 is 33.4 Å². The van der Waals surface area contributed by atoms with Gasteiger partial charge in [0.2, 0.25) is 0 Å². The molecule has 7 nitrogen and oxygen atoms in total. The number of rotatable bonds is 7. The van der Waals surface area contributed by atoms with E-state index in [0.29, 0.717) is 5.56 Å². The van der Waals surface area contributed by atoms with Crippen molar-refractivity contribution in [2.75, 3.05) is 0 Å². The van der Waals surface area contributed by atoms with Gasteiger partial charge in [-0.1, -0.05) is 13.0 Å². The van der Waals surface area contributed by atoms with Gasteiger partial charge in [-0.15, -0.1) is 11.3 Å². The maximum atomic E-state index is 13.8. The van der Waals surface area contributed by atoms with E-state index in [9.17, 15) is 23.9 Å². The fourth-order valence-electron chi connectivity index (χ4n) is 4.11. The number of alkyl halides is 1. The molecule has 2 aromatic rings. The molecule has 1 aromatic carbocycles. The van der Waals surface area contributed by atoms with Crippen molar-refractivity contribution in [3.8, 4) is 11.5 Å². The van der Waals surface area contributed by atoms with E-state index in [1.807, 2.05) is 0 Å². The average Bonchev–Trinajstić information content (AvgIpc) is 3.27. The molecule has 2 heterocycles. The molecule has 2 aliphatic rings. The SMILES string of the molecule is C[C@@H](CC(=O)C1C(=O)[C@H](Cc2cncs2)[C@H]1C(=O)O)c1ccc2c(c1)OC(C)(F)O2. The van der Waals surface area contributed by atoms with Crippen molar-refractivity contribution in [3.05, 3.63) is 40.3 Å². The lowest BCUT2D eigenvalue weighted by molar-refractivity contribution is -0.173. The number of carbonyl (C=O) groups is 3. The van der Waals surface area contributed by atoms with Gasteiger partial charge in [0.15, 0.2) is 11.5 Å². The third-order valence-electron chi connectivity index (χ3n) is 5.63. The molecule has 1 aliphatic carbocycles. The molecule has 30 heavy (non-hydrogen) atoms. The van der Waals surface area contributed by atoms with Crippen molar-refractivity contribution >= 4 is 28.9 Å². The lowest BCUT2D eigenvalue weighted by atomic mass is 9.59. The number of nitrogens with zero attached hydrogens (tertiary/aromatic N) is 1. The van der Waals surface area contributed by atoms with E-state index in [-0.39, 0.29) is 36.0 Å². The fraction of sp³-hybridized carbons (Fsp3) is 0.429. The number of aliphatic carboxylic acids is 1. The molecule has 5 atom stereocenters. The molecule has 0 bridgehead atoms. The molecule has 0 spiro atoms. The number of fused-ring (bicyclic) bond motifs is 1. The monoisotopic (exact) mass is 433 g/mol. The van der Waals surface area contributed by atoms with Crippen molar-refractivity contribution in [2.24, 2.45) is 17.8 Å². The zero-order chi connectivity index (χ0) is 21.6. The Morgan fingerprint density at radius 1 is 1.33 bits per heavy atom. The Morgan fingerprint density at radius 2 is 2.07 bits per heavy atom. The van der Waals surface area contributed by atoms with Crippen molar-refractivity contribution in [1.82, 2.24) is 4.98 Å². The van der Waals surface area contributed by atoms with Crippen molar-refractivity contribution in [3.63, 3.8) is 0 Å². The first-order valence-electron chi connectivity index (χ1n) is 9.54. The highest BCUT2D eigenvalue weighted by Crippen LogP contribution is 2.44. The minimum atomic E-state index is -2.24. The van der Waals surface area contributed by atoms with E-state index in [4.69, 9.17) is 9.47 Å². The van der Waals surface area contributed by atoms with Gasteiger partial charge >= 0.3 is 12.0 Å². The quantitative estimate of drug-likeness (QED) is 0.668. The summed E-state index contributed by atoms with van der Waals surface area (Å²) in [5.41, 5.74) is 2.33. The lowest BCUT2D eigenvalue weighted by Crippen LogP contribution is -2.55. The molecule has 1 aliphatic heterocycles. The first-order valence-corrected chi connectivity index (χ1v) is 10.4. The average molecular weight is 433 g/mol. The Balaban J connectivity index is 1.44. The molecule has 1 N–H and O–H groups in total. The smallest absolute Gasteiger partial charge is 0.404 e. The van der Waals surface area contributed by atoms with Crippen LogP contribution < -0.4 is 9.47 Å². The number of Topliss-reactive ketones (excluding diaryl/α,β-unsaturated/α-hetero) is 2. The summed E-state index contributed by atoms with van der Waals surface area (Å²) < 4.78 is 23.9. The summed E-state index contributed by atoms with van der Waals surface area (Å²) in [4.78, 5) is 41.9. The maximum absolute atomic E-state index is 13.8. The van der Waals surface area contributed by atoms with Crippen LogP contribution in [0.25, 0.3) is 0 Å². The molecule has 9 heteroatoms. The second-order valence-corrected chi connectivity index (χ2v) is 8.81. The number of ether oxygens (including phenoxy) is 2. The summed E-state index contributed by atoms with van der Waals surface area (Å²) in [5.74, 6) is -4.52. The molecule has 158 valence electrons. The van der Waals surface area contributed by atoms with E-state index in [1.165, 1.54) is 11.3 Å². The highest BCUT2D eigenvalue weighted by molar-refractivity contribution is 7.09. The number of aromatic nitrogens is 1. The number of thiazole rings is 1. The minimum absolute atomic E-state index is 0.000000866. The van der Waals surface area contributed by atoms with E-state index < -0.39 is 35.5 Å². The second-order valence-electron chi connectivity index (χ2n) is 7.84. The predicted octanol–water partition coefficient (Wildman–Crippen LogP) is 3.38. The van der Waals surface area contributed by atoms with Gasteiger partial charge in [0.1, 0.15) is 11.6 Å². The number of ketones is 2. The Morgan fingerprint density at radius 3 is 2.73 bits per heavy atom. The van der Waals surface area contributed by atoms with Crippen LogP contribution in [0.1, 0.15) is 36.6 Å². The molecular formula is C21H20FNO6S. The summed E-state index contributed by atoms with van der Waals surface area (Å²) in [5, 5.41) is 9.59. The van der Waals surface area contributed by atoms with Crippen LogP contribution in [0.5, 0.6) is 11.5 Å². The fourth-order valence-corrected chi connectivity index (χ4v) is 4.77. The zero-order valence-corrected chi connectivity index (χ0v) is 17.1. The van der Waals surface area contributed by atoms with Crippen LogP contribution in [0.3, 0.4) is 0 Å². The van der Waals surface area contributed by atoms with Crippen LogP contribution in [0.4, 0.5) is 4.39 Å². The highest BCUT2D eigenvalue weighted by atomic mass is 32.1. The molecule has 2 unspecified atom stereocenters. The standard InChI is InChI=1S/C21H20FNO6S/c1-10(11-3-4-15-16(6-11)29-21(2,22)28-15)5-14(24)18-17(20(26)27)13(19(18)25)7-12-8-23-9-30-12/h3-4,6,8-10,13,17-18H,5,7H2,1-2H3,(H,26,27)/t10-,13+,17+,18?,21?/m0/s1. The molecule has 0 amide bonds. The summed E-state index contributed by atoms with van der Waals surface area (Å²) in [6.07, 6.45) is 1.89. The van der Waals surface area contributed by atoms with Crippen LogP contribution >= 0.6 is 11.3 Å². The van der Waals surface area contributed by atoms with Crippen LogP contribution in [-0.2, 0) is 20.8 Å². The number of benzene rings is 1. The third-order valence-corrected chi connectivity index (χ3v) is 6.43. The predicted molar refractivity (Wildman–Crippen MR) is 104 cm³/mol. The number of carboxylic acid groups (broad SMARTS) is 1. The van der Waals surface area contributed by atoms with Crippen molar-refractivity contribution in [2.45, 2.75) is 38.6 Å². The molecule has 0 saturated heterocycles. The Labute approximate surface area is 175 Å². The lowest BCUT2D eigenvalue weighted by Gasteiger charge is -2.39. The molecule has 4 rings (SSSR count). The van der Waals surface area contributed by atoms with Crippen molar-refractivity contribution in [1.29, 1.82) is 0 Å². The number of halogens is 1. The highest BCUT2D eigenvalue weighted by Gasteiger charge is 2.56. The van der Waals surface area contributed by atoms with Gasteiger partial charge in [-0.25, -0.2) is 0 Å². The van der Waals surface area contributed by atoms with Crippen LogP contribution in [0.2, 0.25) is 0 Å². The van der Waals surface area contributed by atoms with Gasteiger partial charge < -0.3 is 14.6 Å². The Bertz CT molecular complexity index is 1000. The third kappa shape index (κ3) is 3.69. The van der Waals surface area contributed by atoms with E-state index in [0.717, 1.165) is 11.8 Å². The Hall–Kier alpha value is -2.81. The molecule has 0 radical (unpaired) electrons. The minimum Gasteiger partial charge on any atom is -0.481 e. The summed E-state index contributed by atoms with van der Waals surface area (Å²) >= 11 is 1.35. The summed E-state index contributed by atoms with van der Waals surface area (Å²) in [6, 6.07) is 2.63. The Kier molecular flexibility index (Phi) is 5.09. The second kappa shape index (κ2) is 7.46. The number of carbonyl (C=O) groups excluding carboxylic acids is 2. The molecule has 1 saturated carbocycles. The van der Waals surface area contributed by atoms with Gasteiger partial charge in [-0.3, -0.25) is 19.4 Å². The van der Waals surface area contributed by atoms with Gasteiger partial charge in [0.05, 0.1) is 17.3 Å². The maximum Gasteiger partial charge on any atom is 0.404 e. The topological polar surface area (TPSA) is 103 Å². The summed E-state index contributed by atoms with van der Waals surface area (Å²) in [6.45, 7) is 2.94. The first kappa shape index (κ1) is 20.5. The van der Waals surface area contributed by atoms with E-state index in [1.54, 1.807) is 36.8 Å². The number of carboxylic acids is 1. The van der Waals surface area contributed by atoms with Gasteiger partial charge in [-0.2, -0.15) is 4.39 Å². The van der Waals surface area contributed by atoms with Gasteiger partial charge in [0, 0.05) is 30.3 Å². The van der Waals surface area contributed by atoms with Gasteiger partial charge in [0.25, 0.3) is 0 Å². The molecule has 1 aromatic heterocycles. The largest absolute Gasteiger partial charge is 0.481 e. The van der Waals surface area contributed by atoms with Crippen LogP contribution in [0, 0.1) is 17.8 Å². The zero-order valence-electron chi connectivity index (χ0n) is 16.3.